The smallest absolute Gasteiger partial charge is 0.342 e. The number of hydrogen-bond donors (Lipinski definition) is 1. The molecule has 0 bridgehead atoms. The van der Waals surface area contributed by atoms with Crippen LogP contribution in [0.2, 0.25) is 0 Å². The van der Waals surface area contributed by atoms with E-state index in [1.165, 1.54) is 12.5 Å². The number of para-hydroxylation sites is 2. The quantitative estimate of drug-likeness (QED) is 0.214. The largest absolute Gasteiger partial charge is 0.506 e. The molecule has 0 amide bonds. The normalized spacial score (nSPS) is 15.8. The molecule has 6 aromatic carbocycles. The molecule has 44 heavy (non-hydrogen) atoms. The average Bonchev–Trinajstić information content (AvgIpc) is 3.42. The Kier molecular flexibility index (Phi) is 5.81. The second-order valence-corrected chi connectivity index (χ2v) is 11.0. The number of carbonyl (C=O) groups excluding carboxylic acids is 1. The van der Waals surface area contributed by atoms with Crippen molar-refractivity contribution in [1.82, 2.24) is 4.57 Å². The molecule has 0 radical (unpaired) electrons. The van der Waals surface area contributed by atoms with Crippen molar-refractivity contribution in [3.63, 3.8) is 0 Å². The van der Waals surface area contributed by atoms with E-state index in [0.717, 1.165) is 33.2 Å². The second-order valence-electron chi connectivity index (χ2n) is 11.0. The lowest BCUT2D eigenvalue weighted by atomic mass is 9.82. The number of aromatic nitrogens is 1. The number of esters is 1. The third-order valence-electron chi connectivity index (χ3n) is 8.63. The Balaban J connectivity index is 1.44. The fourth-order valence-corrected chi connectivity index (χ4v) is 6.60. The highest BCUT2D eigenvalue weighted by Gasteiger charge is 2.40. The molecule has 1 aromatic heterocycles. The molecule has 0 spiro atoms. The van der Waals surface area contributed by atoms with E-state index >= 15 is 0 Å². The van der Waals surface area contributed by atoms with E-state index in [1.54, 1.807) is 6.07 Å². The molecule has 1 unspecified atom stereocenters. The summed E-state index contributed by atoms with van der Waals surface area (Å²) in [6, 6.07) is 42.8. The maximum atomic E-state index is 13.0. The van der Waals surface area contributed by atoms with Crippen molar-refractivity contribution in [3.05, 3.63) is 156 Å². The number of rotatable bonds is 4. The highest BCUT2D eigenvalue weighted by molar-refractivity contribution is 6.10. The van der Waals surface area contributed by atoms with Crippen LogP contribution in [0.4, 0.5) is 0 Å². The monoisotopic (exact) mass is 573 g/mol. The first kappa shape index (κ1) is 25.9. The van der Waals surface area contributed by atoms with Gasteiger partial charge in [0.1, 0.15) is 17.1 Å². The van der Waals surface area contributed by atoms with Gasteiger partial charge in [-0.15, -0.1) is 0 Å². The summed E-state index contributed by atoms with van der Waals surface area (Å²) in [6.07, 6.45) is 3.85. The van der Waals surface area contributed by atoms with Gasteiger partial charge in [-0.2, -0.15) is 0 Å². The lowest BCUT2D eigenvalue weighted by molar-refractivity contribution is 0.0596. The van der Waals surface area contributed by atoms with E-state index in [2.05, 4.69) is 83.4 Å². The number of aromatic hydroxyl groups is 1. The van der Waals surface area contributed by atoms with E-state index in [0.29, 0.717) is 22.1 Å². The zero-order valence-electron chi connectivity index (χ0n) is 23.9. The molecule has 7 aromatic rings. The van der Waals surface area contributed by atoms with Crippen molar-refractivity contribution < 1.29 is 19.4 Å². The zero-order valence-corrected chi connectivity index (χ0v) is 23.9. The van der Waals surface area contributed by atoms with E-state index in [4.69, 9.17) is 9.47 Å². The van der Waals surface area contributed by atoms with Crippen LogP contribution < -0.4 is 4.74 Å². The summed E-state index contributed by atoms with van der Waals surface area (Å²) in [7, 11) is 1.31. The molecule has 0 aliphatic carbocycles. The molecule has 5 nitrogen and oxygen atoms in total. The van der Waals surface area contributed by atoms with Crippen LogP contribution in [0.1, 0.15) is 27.0 Å². The van der Waals surface area contributed by atoms with Crippen LogP contribution >= 0.6 is 0 Å². The van der Waals surface area contributed by atoms with Crippen LogP contribution in [0.3, 0.4) is 0 Å². The van der Waals surface area contributed by atoms with Gasteiger partial charge in [0, 0.05) is 43.9 Å². The van der Waals surface area contributed by atoms with Gasteiger partial charge in [-0.25, -0.2) is 4.79 Å². The fourth-order valence-electron chi connectivity index (χ4n) is 6.60. The fraction of sp³-hybridized carbons (Fsp3) is 0.0513. The summed E-state index contributed by atoms with van der Waals surface area (Å²) < 4.78 is 14.5. The minimum atomic E-state index is -1.03. The molecule has 1 aliphatic heterocycles. The van der Waals surface area contributed by atoms with Crippen LogP contribution in [-0.2, 0) is 10.3 Å². The first-order chi connectivity index (χ1) is 21.6. The number of phenols is 1. The van der Waals surface area contributed by atoms with E-state index in [9.17, 15) is 9.90 Å². The van der Waals surface area contributed by atoms with Gasteiger partial charge in [0.15, 0.2) is 5.60 Å². The summed E-state index contributed by atoms with van der Waals surface area (Å²) >= 11 is 0. The lowest BCUT2D eigenvalue weighted by Gasteiger charge is -2.37. The third-order valence-corrected chi connectivity index (χ3v) is 8.63. The van der Waals surface area contributed by atoms with Crippen LogP contribution in [0.25, 0.3) is 44.3 Å². The van der Waals surface area contributed by atoms with Gasteiger partial charge in [0.25, 0.3) is 0 Å². The molecule has 0 fully saturated rings. The molecule has 1 atom stereocenters. The Labute approximate surface area is 253 Å². The van der Waals surface area contributed by atoms with Gasteiger partial charge in [0.05, 0.1) is 18.1 Å². The summed E-state index contributed by atoms with van der Waals surface area (Å²) in [5, 5.41) is 14.7. The summed E-state index contributed by atoms with van der Waals surface area (Å²) in [5.41, 5.74) is 4.63. The molecular weight excluding hydrogens is 546 g/mol. The number of nitrogens with zero attached hydrogens (tertiary/aromatic N) is 1. The average molecular weight is 574 g/mol. The second kappa shape index (κ2) is 9.89. The topological polar surface area (TPSA) is 60.7 Å². The lowest BCUT2D eigenvalue weighted by Crippen LogP contribution is -2.34. The number of benzene rings is 6. The van der Waals surface area contributed by atoms with Crippen molar-refractivity contribution in [2.75, 3.05) is 7.11 Å². The van der Waals surface area contributed by atoms with Gasteiger partial charge in [-0.3, -0.25) is 0 Å². The van der Waals surface area contributed by atoms with Crippen LogP contribution in [0.5, 0.6) is 11.5 Å². The van der Waals surface area contributed by atoms with Gasteiger partial charge in [-0.1, -0.05) is 103 Å². The predicted molar refractivity (Wildman–Crippen MR) is 175 cm³/mol. The molecular formula is C39H27NO4. The van der Waals surface area contributed by atoms with Crippen LogP contribution in [0, 0.1) is 0 Å². The molecule has 2 heterocycles. The van der Waals surface area contributed by atoms with Gasteiger partial charge in [0.2, 0.25) is 0 Å². The van der Waals surface area contributed by atoms with Gasteiger partial charge < -0.3 is 19.1 Å². The van der Waals surface area contributed by atoms with Gasteiger partial charge >= 0.3 is 5.97 Å². The Hall–Kier alpha value is -5.81. The molecule has 212 valence electrons. The molecule has 5 heteroatoms. The van der Waals surface area contributed by atoms with Crippen LogP contribution in [0.15, 0.2) is 133 Å². The predicted octanol–water partition coefficient (Wildman–Crippen LogP) is 8.78. The number of hydrogen-bond acceptors (Lipinski definition) is 4. The minimum absolute atomic E-state index is 0.0822. The number of fused-ring (bicyclic) bond motifs is 6. The highest BCUT2D eigenvalue weighted by Crippen LogP contribution is 2.49. The standard InChI is InChI=1S/C39H27NO4/c1-43-38(42)35-32-22-23-39(25-12-4-2-5-13-25,44-37(32)31-18-9-8-17-30(31)36(35)41)26-20-21-29-28-16-10-11-19-33(28)40(34(29)24-26)27-14-6-3-7-15-27/h2-24,41H,1H3. The van der Waals surface area contributed by atoms with Crippen molar-refractivity contribution in [3.8, 4) is 17.2 Å². The van der Waals surface area contributed by atoms with Crippen molar-refractivity contribution in [2.45, 2.75) is 5.60 Å². The van der Waals surface area contributed by atoms with E-state index in [-0.39, 0.29) is 11.3 Å². The van der Waals surface area contributed by atoms with Crippen molar-refractivity contribution in [1.29, 1.82) is 0 Å². The summed E-state index contributed by atoms with van der Waals surface area (Å²) in [6.45, 7) is 0. The number of carbonyl (C=O) groups is 1. The summed E-state index contributed by atoms with van der Waals surface area (Å²) in [4.78, 5) is 13.0. The van der Waals surface area contributed by atoms with Crippen molar-refractivity contribution >= 4 is 44.6 Å². The molecule has 1 N–H and O–H groups in total. The zero-order chi connectivity index (χ0) is 29.8. The van der Waals surface area contributed by atoms with E-state index in [1.807, 2.05) is 54.6 Å². The Morgan fingerprint density at radius 1 is 0.705 bits per heavy atom. The molecule has 0 saturated heterocycles. The Morgan fingerprint density at radius 3 is 2.09 bits per heavy atom. The van der Waals surface area contributed by atoms with E-state index < -0.39 is 11.6 Å². The molecule has 8 rings (SSSR count). The molecule has 0 saturated carbocycles. The number of ether oxygens (including phenoxy) is 2. The van der Waals surface area contributed by atoms with Gasteiger partial charge in [-0.05, 0) is 36.4 Å². The van der Waals surface area contributed by atoms with Crippen molar-refractivity contribution in [2.24, 2.45) is 0 Å². The maximum Gasteiger partial charge on any atom is 0.342 e. The van der Waals surface area contributed by atoms with Crippen LogP contribution in [-0.4, -0.2) is 22.8 Å². The maximum absolute atomic E-state index is 13.0. The Bertz CT molecular complexity index is 2270. The number of methoxy groups -OCH3 is 1. The number of phenolic OH excluding ortho intramolecular Hbond substituents is 1. The first-order valence-electron chi connectivity index (χ1n) is 14.5. The summed E-state index contributed by atoms with van der Waals surface area (Å²) in [5.74, 6) is -0.243. The Morgan fingerprint density at radius 2 is 1.34 bits per heavy atom. The highest BCUT2D eigenvalue weighted by atomic mass is 16.5. The molecule has 1 aliphatic rings. The SMILES string of the molecule is COC(=O)c1c2c(c3ccccc3c1O)OC(c1ccccc1)(c1ccc3c4ccccc4n(-c4ccccc4)c3c1)C=C2. The third kappa shape index (κ3) is 3.69. The minimum Gasteiger partial charge on any atom is -0.506 e. The first-order valence-corrected chi connectivity index (χ1v) is 14.5.